The van der Waals surface area contributed by atoms with E-state index >= 15 is 0 Å². The van der Waals surface area contributed by atoms with Crippen LogP contribution < -0.4 is 0 Å². The Morgan fingerprint density at radius 1 is 0.600 bits per heavy atom. The predicted molar refractivity (Wildman–Crippen MR) is 109 cm³/mol. The molecule has 0 amide bonds. The second-order valence-electron chi connectivity index (χ2n) is 8.62. The normalized spacial score (nSPS) is 22.6. The minimum absolute atomic E-state index is 0.252. The molecule has 0 aromatic rings. The molecule has 0 aromatic carbocycles. The van der Waals surface area contributed by atoms with E-state index in [4.69, 9.17) is 9.47 Å². The molecule has 1 rings (SSSR count). The Balaban J connectivity index is 1.76. The van der Waals surface area contributed by atoms with Gasteiger partial charge in [0.25, 0.3) is 0 Å². The molecule has 2 heteroatoms. The monoisotopic (exact) mass is 354 g/mol. The highest BCUT2D eigenvalue weighted by Gasteiger charge is 2.37. The predicted octanol–water partition coefficient (Wildman–Crippen LogP) is 7.79. The first-order chi connectivity index (χ1) is 12.0. The highest BCUT2D eigenvalue weighted by molar-refractivity contribution is 4.78. The van der Waals surface area contributed by atoms with Gasteiger partial charge >= 0.3 is 0 Å². The van der Waals surface area contributed by atoms with E-state index < -0.39 is 0 Å². The molecule has 0 saturated carbocycles. The number of unbranched alkanes of at least 4 members (excludes halogenated alkanes) is 14. The lowest BCUT2D eigenvalue weighted by Crippen LogP contribution is -2.21. The van der Waals surface area contributed by atoms with Crippen LogP contribution in [0.15, 0.2) is 0 Å². The Hall–Kier alpha value is -0.0800. The Bertz CT molecular complexity index is 300. The van der Waals surface area contributed by atoms with Gasteiger partial charge in [-0.05, 0) is 27.2 Å². The number of hydrogen-bond acceptors (Lipinski definition) is 2. The van der Waals surface area contributed by atoms with Crippen LogP contribution in [-0.2, 0) is 9.47 Å². The molecule has 2 atom stereocenters. The molecule has 0 radical (unpaired) electrons. The van der Waals surface area contributed by atoms with Gasteiger partial charge in [0.1, 0.15) is 0 Å². The summed E-state index contributed by atoms with van der Waals surface area (Å²) in [6, 6.07) is 0. The van der Waals surface area contributed by atoms with Crippen LogP contribution >= 0.6 is 0 Å². The summed E-state index contributed by atoms with van der Waals surface area (Å²) < 4.78 is 11.8. The van der Waals surface area contributed by atoms with Crippen molar-refractivity contribution in [2.45, 2.75) is 148 Å². The second-order valence-corrected chi connectivity index (χ2v) is 8.62. The molecule has 1 heterocycles. The van der Waals surface area contributed by atoms with Gasteiger partial charge in [0.15, 0.2) is 5.79 Å². The zero-order chi connectivity index (χ0) is 18.4. The van der Waals surface area contributed by atoms with Crippen molar-refractivity contribution in [3.8, 4) is 0 Å². The molecule has 0 bridgehead atoms. The maximum atomic E-state index is 5.96. The van der Waals surface area contributed by atoms with Crippen molar-refractivity contribution in [3.05, 3.63) is 0 Å². The van der Waals surface area contributed by atoms with Crippen LogP contribution in [0.25, 0.3) is 0 Å². The smallest absolute Gasteiger partial charge is 0.163 e. The van der Waals surface area contributed by atoms with Crippen LogP contribution in [0.1, 0.15) is 130 Å². The second kappa shape index (κ2) is 14.0. The Morgan fingerprint density at radius 3 is 1.36 bits per heavy atom. The molecule has 2 nitrogen and oxygen atoms in total. The lowest BCUT2D eigenvalue weighted by molar-refractivity contribution is -0.145. The van der Waals surface area contributed by atoms with Crippen molar-refractivity contribution in [2.24, 2.45) is 0 Å². The fraction of sp³-hybridized carbons (Fsp3) is 1.00. The van der Waals surface area contributed by atoms with Gasteiger partial charge < -0.3 is 9.47 Å². The summed E-state index contributed by atoms with van der Waals surface area (Å²) in [4.78, 5) is 0. The van der Waals surface area contributed by atoms with E-state index in [0.29, 0.717) is 6.10 Å². The first kappa shape index (κ1) is 23.0. The molecule has 0 spiro atoms. The summed E-state index contributed by atoms with van der Waals surface area (Å²) >= 11 is 0. The zero-order valence-corrected chi connectivity index (χ0v) is 17.8. The lowest BCUT2D eigenvalue weighted by atomic mass is 10.0. The SMILES string of the molecule is CCCCCCCCCCCCCCCCC[C@H]1OC(C)(C)O[C@H]1C. The average molecular weight is 355 g/mol. The molecule has 0 aliphatic carbocycles. The summed E-state index contributed by atoms with van der Waals surface area (Å²) in [5.74, 6) is -0.375. The van der Waals surface area contributed by atoms with Crippen molar-refractivity contribution in [3.63, 3.8) is 0 Å². The van der Waals surface area contributed by atoms with Crippen LogP contribution in [0, 0.1) is 0 Å². The largest absolute Gasteiger partial charge is 0.345 e. The van der Waals surface area contributed by atoms with Crippen LogP contribution in [0.5, 0.6) is 0 Å². The van der Waals surface area contributed by atoms with Crippen molar-refractivity contribution in [1.29, 1.82) is 0 Å². The van der Waals surface area contributed by atoms with Gasteiger partial charge in [0.05, 0.1) is 12.2 Å². The topological polar surface area (TPSA) is 18.5 Å². The highest BCUT2D eigenvalue weighted by atomic mass is 16.7. The van der Waals surface area contributed by atoms with Gasteiger partial charge in [-0.2, -0.15) is 0 Å². The molecule has 150 valence electrons. The molecule has 1 aliphatic heterocycles. The van der Waals surface area contributed by atoms with Crippen molar-refractivity contribution < 1.29 is 9.47 Å². The van der Waals surface area contributed by atoms with E-state index in [2.05, 4.69) is 13.8 Å². The van der Waals surface area contributed by atoms with Crippen molar-refractivity contribution in [1.82, 2.24) is 0 Å². The summed E-state index contributed by atoms with van der Waals surface area (Å²) in [5, 5.41) is 0. The van der Waals surface area contributed by atoms with Gasteiger partial charge in [-0.15, -0.1) is 0 Å². The molecule has 0 N–H and O–H groups in total. The number of ether oxygens (including phenoxy) is 2. The van der Waals surface area contributed by atoms with Crippen molar-refractivity contribution >= 4 is 0 Å². The highest BCUT2D eigenvalue weighted by Crippen LogP contribution is 2.30. The number of hydrogen-bond donors (Lipinski definition) is 0. The van der Waals surface area contributed by atoms with Crippen LogP contribution in [0.4, 0.5) is 0 Å². The summed E-state index contributed by atoms with van der Waals surface area (Å²) in [7, 11) is 0. The Labute approximate surface area is 158 Å². The van der Waals surface area contributed by atoms with E-state index in [-0.39, 0.29) is 11.9 Å². The maximum absolute atomic E-state index is 5.96. The molecule has 0 unspecified atom stereocenters. The third-order valence-corrected chi connectivity index (χ3v) is 5.52. The van der Waals surface area contributed by atoms with Crippen LogP contribution in [0.2, 0.25) is 0 Å². The zero-order valence-electron chi connectivity index (χ0n) is 17.8. The van der Waals surface area contributed by atoms with Gasteiger partial charge in [-0.25, -0.2) is 0 Å². The fourth-order valence-electron chi connectivity index (χ4n) is 4.02. The first-order valence-corrected chi connectivity index (χ1v) is 11.4. The first-order valence-electron chi connectivity index (χ1n) is 11.4. The van der Waals surface area contributed by atoms with E-state index in [9.17, 15) is 0 Å². The van der Waals surface area contributed by atoms with Gasteiger partial charge in [-0.3, -0.25) is 0 Å². The van der Waals surface area contributed by atoms with Crippen molar-refractivity contribution in [2.75, 3.05) is 0 Å². The molecule has 1 aliphatic rings. The number of rotatable bonds is 16. The molecule has 0 aromatic heterocycles. The van der Waals surface area contributed by atoms with Crippen LogP contribution in [0.3, 0.4) is 0 Å². The third-order valence-electron chi connectivity index (χ3n) is 5.52. The average Bonchev–Trinajstić information content (AvgIpc) is 2.83. The van der Waals surface area contributed by atoms with Gasteiger partial charge in [0.2, 0.25) is 0 Å². The molecule has 1 fully saturated rings. The Morgan fingerprint density at radius 2 is 1.00 bits per heavy atom. The summed E-state index contributed by atoms with van der Waals surface area (Å²) in [6.45, 7) is 8.48. The van der Waals surface area contributed by atoms with E-state index in [1.165, 1.54) is 96.3 Å². The fourth-order valence-corrected chi connectivity index (χ4v) is 4.02. The summed E-state index contributed by atoms with van der Waals surface area (Å²) in [5.41, 5.74) is 0. The molecular formula is C23H46O2. The van der Waals surface area contributed by atoms with E-state index in [1.807, 2.05) is 13.8 Å². The molecule has 1 saturated heterocycles. The van der Waals surface area contributed by atoms with Crippen LogP contribution in [-0.4, -0.2) is 18.0 Å². The van der Waals surface area contributed by atoms with Gasteiger partial charge in [0, 0.05) is 0 Å². The lowest BCUT2D eigenvalue weighted by Gasteiger charge is -2.16. The molecule has 25 heavy (non-hydrogen) atoms. The van der Waals surface area contributed by atoms with E-state index in [1.54, 1.807) is 0 Å². The quantitative estimate of drug-likeness (QED) is 0.263. The Kier molecular flexibility index (Phi) is 12.9. The van der Waals surface area contributed by atoms with E-state index in [0.717, 1.165) is 6.42 Å². The molecular weight excluding hydrogens is 308 g/mol. The third kappa shape index (κ3) is 12.0. The minimum atomic E-state index is -0.375. The minimum Gasteiger partial charge on any atom is -0.345 e. The maximum Gasteiger partial charge on any atom is 0.163 e. The summed E-state index contributed by atoms with van der Waals surface area (Å²) in [6.07, 6.45) is 23.0. The standard InChI is InChI=1S/C23H46O2/c1-5-6-7-8-9-10-11-12-13-14-15-16-17-18-19-20-22-21(2)24-23(3,4)25-22/h21-22H,5-20H2,1-4H3/t21-,22+/m0/s1. The van der Waals surface area contributed by atoms with Gasteiger partial charge in [-0.1, -0.05) is 103 Å².